The van der Waals surface area contributed by atoms with Crippen LogP contribution in [0.4, 0.5) is 16.2 Å². The highest BCUT2D eigenvalue weighted by Gasteiger charge is 2.15. The third kappa shape index (κ3) is 11.9. The second-order valence-electron chi connectivity index (χ2n) is 10.3. The second-order valence-corrected chi connectivity index (χ2v) is 10.3. The summed E-state index contributed by atoms with van der Waals surface area (Å²) in [6.07, 6.45) is 0.0429. The Morgan fingerprint density at radius 3 is 2.26 bits per heavy atom. The Morgan fingerprint density at radius 1 is 0.891 bits per heavy atom. The van der Waals surface area contributed by atoms with E-state index < -0.39 is 18.1 Å². The van der Waals surface area contributed by atoms with Gasteiger partial charge in [0.25, 0.3) is 5.97 Å². The van der Waals surface area contributed by atoms with E-state index in [1.165, 1.54) is 11.0 Å². The number of nitrogens with one attached hydrogen (secondary N) is 1. The maximum Gasteiger partial charge on any atom is 0.323 e. The predicted octanol–water partition coefficient (Wildman–Crippen LogP) is 4.65. The monoisotopic (exact) mass is 631 g/mol. The minimum Gasteiger partial charge on any atom is -0.508 e. The number of benzene rings is 4. The quantitative estimate of drug-likeness (QED) is 0.102. The van der Waals surface area contributed by atoms with Crippen LogP contribution in [0.1, 0.15) is 35.3 Å². The Balaban J connectivity index is 0.00000136. The van der Waals surface area contributed by atoms with Gasteiger partial charge in [-0.2, -0.15) is 0 Å². The van der Waals surface area contributed by atoms with Gasteiger partial charge in [0.15, 0.2) is 0 Å². The van der Waals surface area contributed by atoms with Crippen molar-refractivity contribution in [2.75, 3.05) is 31.2 Å². The van der Waals surface area contributed by atoms with Crippen molar-refractivity contribution in [2.24, 2.45) is 5.73 Å². The zero-order valence-corrected chi connectivity index (χ0v) is 25.7. The molecular formula is C35H41N3O8. The highest BCUT2D eigenvalue weighted by molar-refractivity contribution is 5.98. The summed E-state index contributed by atoms with van der Waals surface area (Å²) in [6.45, 7) is 3.00. The molecule has 0 aliphatic rings. The predicted molar refractivity (Wildman–Crippen MR) is 175 cm³/mol. The lowest BCUT2D eigenvalue weighted by Crippen LogP contribution is -2.31. The van der Waals surface area contributed by atoms with Gasteiger partial charge < -0.3 is 41.0 Å². The van der Waals surface area contributed by atoms with Gasteiger partial charge in [-0.1, -0.05) is 48.5 Å². The van der Waals surface area contributed by atoms with Crippen LogP contribution in [0.15, 0.2) is 97.1 Å². The SMILES string of the molecule is CC(=O)O.NC(=O)N(c1ccccc1)c1cccc(COCCOc2ccc(CCNC[C@H](O)c3ccc(O)c(CO)c3)cc2)c1. The van der Waals surface area contributed by atoms with Gasteiger partial charge in [-0.05, 0) is 78.2 Å². The van der Waals surface area contributed by atoms with Crippen molar-refractivity contribution in [3.63, 3.8) is 0 Å². The number of aliphatic hydroxyl groups is 2. The maximum atomic E-state index is 12.1. The molecule has 0 radical (unpaired) electrons. The zero-order chi connectivity index (χ0) is 33.3. The molecule has 0 spiro atoms. The number of aromatic hydroxyl groups is 1. The standard InChI is InChI=1S/C33H37N3O6.C2H4O2/c34-33(40)36(28-6-2-1-3-7-28)29-8-4-5-25(19-29)23-41-17-18-42-30-12-9-24(10-13-30)15-16-35-21-32(39)26-11-14-31(38)27(20-26)22-37;1-2(3)4/h1-14,19-20,32,35,37-39H,15-18,21-23H2,(H2,34,40);1H3,(H,3,4)/t32-;/m0./s1. The molecule has 11 nitrogen and oxygen atoms in total. The molecule has 4 rings (SSSR count). The summed E-state index contributed by atoms with van der Waals surface area (Å²) >= 11 is 0. The number of amides is 2. The Labute approximate surface area is 268 Å². The Kier molecular flexibility index (Phi) is 14.5. The first-order valence-electron chi connectivity index (χ1n) is 14.7. The first-order valence-corrected chi connectivity index (χ1v) is 14.7. The number of nitrogens with two attached hydrogens (primary N) is 1. The van der Waals surface area contributed by atoms with Crippen LogP contribution in [-0.4, -0.2) is 58.7 Å². The minimum absolute atomic E-state index is 0.0151. The van der Waals surface area contributed by atoms with Gasteiger partial charge in [-0.3, -0.25) is 9.69 Å². The normalized spacial score (nSPS) is 11.2. The molecule has 1 atom stereocenters. The number of phenols is 1. The number of carboxylic acids is 1. The molecule has 0 bridgehead atoms. The van der Waals surface area contributed by atoms with E-state index in [4.69, 9.17) is 25.1 Å². The number of hydrogen-bond donors (Lipinski definition) is 6. The topological polar surface area (TPSA) is 175 Å². The molecule has 4 aromatic carbocycles. The van der Waals surface area contributed by atoms with E-state index in [1.54, 1.807) is 12.1 Å². The van der Waals surface area contributed by atoms with Crippen LogP contribution in [0, 0.1) is 0 Å². The summed E-state index contributed by atoms with van der Waals surface area (Å²) < 4.78 is 11.6. The smallest absolute Gasteiger partial charge is 0.323 e. The van der Waals surface area contributed by atoms with E-state index in [-0.39, 0.29) is 12.4 Å². The number of carboxylic acid groups (broad SMARTS) is 1. The van der Waals surface area contributed by atoms with Gasteiger partial charge in [0.2, 0.25) is 0 Å². The second kappa shape index (κ2) is 18.8. The van der Waals surface area contributed by atoms with Crippen LogP contribution in [0.3, 0.4) is 0 Å². The Hall–Kier alpha value is -4.94. The highest BCUT2D eigenvalue weighted by atomic mass is 16.5. The number of rotatable bonds is 15. The fourth-order valence-corrected chi connectivity index (χ4v) is 4.46. The molecule has 2 amide bonds. The molecule has 0 aliphatic heterocycles. The molecule has 4 aromatic rings. The number of anilines is 2. The molecule has 11 heteroatoms. The Morgan fingerprint density at radius 2 is 1.59 bits per heavy atom. The number of para-hydroxylation sites is 1. The van der Waals surface area contributed by atoms with Gasteiger partial charge in [-0.15, -0.1) is 0 Å². The summed E-state index contributed by atoms with van der Waals surface area (Å²) in [4.78, 5) is 22.6. The van der Waals surface area contributed by atoms with Gasteiger partial charge in [0.05, 0.1) is 37.3 Å². The fraction of sp³-hybridized carbons (Fsp3) is 0.257. The van der Waals surface area contributed by atoms with Gasteiger partial charge in [0, 0.05) is 19.0 Å². The Bertz CT molecular complexity index is 1510. The summed E-state index contributed by atoms with van der Waals surface area (Å²) in [5.74, 6) is -0.0685. The number of urea groups is 1. The van der Waals surface area contributed by atoms with Crippen molar-refractivity contribution in [3.05, 3.63) is 119 Å². The van der Waals surface area contributed by atoms with Crippen LogP contribution in [0.25, 0.3) is 0 Å². The number of nitrogens with zero attached hydrogens (tertiary/aromatic N) is 1. The third-order valence-electron chi connectivity index (χ3n) is 6.68. The van der Waals surface area contributed by atoms with E-state index in [0.717, 1.165) is 30.2 Å². The number of ether oxygens (including phenoxy) is 2. The molecule has 0 aliphatic carbocycles. The number of hydrogen-bond acceptors (Lipinski definition) is 8. The van der Waals surface area contributed by atoms with E-state index >= 15 is 0 Å². The molecule has 7 N–H and O–H groups in total. The number of aliphatic hydroxyl groups excluding tert-OH is 2. The van der Waals surface area contributed by atoms with E-state index in [0.29, 0.717) is 55.4 Å². The average Bonchev–Trinajstić information content (AvgIpc) is 3.04. The fourth-order valence-electron chi connectivity index (χ4n) is 4.46. The van der Waals surface area contributed by atoms with Crippen molar-refractivity contribution in [3.8, 4) is 11.5 Å². The first-order chi connectivity index (χ1) is 22.2. The first kappa shape index (κ1) is 35.5. The van der Waals surface area contributed by atoms with Crippen molar-refractivity contribution in [1.29, 1.82) is 0 Å². The lowest BCUT2D eigenvalue weighted by molar-refractivity contribution is -0.134. The molecule has 0 saturated heterocycles. The minimum atomic E-state index is -0.833. The van der Waals surface area contributed by atoms with E-state index in [2.05, 4.69) is 5.32 Å². The summed E-state index contributed by atoms with van der Waals surface area (Å²) in [5, 5.41) is 40.0. The van der Waals surface area contributed by atoms with Crippen LogP contribution in [0.2, 0.25) is 0 Å². The largest absolute Gasteiger partial charge is 0.508 e. The van der Waals surface area contributed by atoms with Crippen molar-refractivity contribution >= 4 is 23.4 Å². The molecule has 244 valence electrons. The molecule has 0 aromatic heterocycles. The average molecular weight is 632 g/mol. The van der Waals surface area contributed by atoms with E-state index in [1.807, 2.05) is 78.9 Å². The maximum absolute atomic E-state index is 12.1. The number of carbonyl (C=O) groups excluding carboxylic acids is 1. The molecule has 0 heterocycles. The molecule has 0 unspecified atom stereocenters. The molecule has 0 saturated carbocycles. The lowest BCUT2D eigenvalue weighted by atomic mass is 10.1. The van der Waals surface area contributed by atoms with Crippen LogP contribution in [0.5, 0.6) is 11.5 Å². The van der Waals surface area contributed by atoms with Crippen molar-refractivity contribution in [2.45, 2.75) is 32.7 Å². The van der Waals surface area contributed by atoms with Crippen molar-refractivity contribution < 1.29 is 39.5 Å². The number of carbonyl (C=O) groups is 2. The summed E-state index contributed by atoms with van der Waals surface area (Å²) in [6, 6.07) is 28.8. The third-order valence-corrected chi connectivity index (χ3v) is 6.68. The molecule has 46 heavy (non-hydrogen) atoms. The summed E-state index contributed by atoms with van der Waals surface area (Å²) in [5.41, 5.74) is 10.1. The van der Waals surface area contributed by atoms with Crippen LogP contribution in [-0.2, 0) is 29.2 Å². The summed E-state index contributed by atoms with van der Waals surface area (Å²) in [7, 11) is 0. The van der Waals surface area contributed by atoms with Crippen LogP contribution >= 0.6 is 0 Å². The number of primary amides is 1. The van der Waals surface area contributed by atoms with Crippen LogP contribution < -0.4 is 20.7 Å². The lowest BCUT2D eigenvalue weighted by Gasteiger charge is -2.21. The zero-order valence-electron chi connectivity index (χ0n) is 25.7. The molecule has 0 fully saturated rings. The molecular weight excluding hydrogens is 590 g/mol. The van der Waals surface area contributed by atoms with Gasteiger partial charge in [-0.25, -0.2) is 4.79 Å². The van der Waals surface area contributed by atoms with Gasteiger partial charge >= 0.3 is 6.03 Å². The van der Waals surface area contributed by atoms with Gasteiger partial charge in [0.1, 0.15) is 18.1 Å². The highest BCUT2D eigenvalue weighted by Crippen LogP contribution is 2.26. The van der Waals surface area contributed by atoms with Crippen molar-refractivity contribution in [1.82, 2.24) is 5.32 Å². The number of aliphatic carboxylic acids is 1. The van der Waals surface area contributed by atoms with E-state index in [9.17, 15) is 20.1 Å².